The summed E-state index contributed by atoms with van der Waals surface area (Å²) in [6.07, 6.45) is 1.53. The minimum Gasteiger partial charge on any atom is -0.355 e. The van der Waals surface area contributed by atoms with E-state index >= 15 is 0 Å². The summed E-state index contributed by atoms with van der Waals surface area (Å²) in [5, 5.41) is 6.39. The zero-order valence-corrected chi connectivity index (χ0v) is 13.3. The van der Waals surface area contributed by atoms with Gasteiger partial charge in [0.1, 0.15) is 0 Å². The lowest BCUT2D eigenvalue weighted by molar-refractivity contribution is -0.120. The molecule has 1 heterocycles. The average Bonchev–Trinajstić information content (AvgIpc) is 2.89. The number of halogens is 1. The van der Waals surface area contributed by atoms with Crippen LogP contribution in [0.4, 0.5) is 5.69 Å². The summed E-state index contributed by atoms with van der Waals surface area (Å²) in [7, 11) is 0. The second-order valence-corrected chi connectivity index (χ2v) is 6.06. The molecular weight excluding hydrogens is 312 g/mol. The highest BCUT2D eigenvalue weighted by atomic mass is 35.5. The molecule has 0 unspecified atom stereocenters. The van der Waals surface area contributed by atoms with Crippen LogP contribution in [0.2, 0.25) is 5.02 Å². The number of amides is 2. The van der Waals surface area contributed by atoms with Crippen molar-refractivity contribution in [2.45, 2.75) is 19.3 Å². The topological polar surface area (TPSA) is 58.2 Å². The Morgan fingerprint density at radius 1 is 1.13 bits per heavy atom. The van der Waals surface area contributed by atoms with E-state index in [4.69, 9.17) is 11.6 Å². The van der Waals surface area contributed by atoms with Crippen LogP contribution in [0.15, 0.2) is 42.5 Å². The highest BCUT2D eigenvalue weighted by Crippen LogP contribution is 2.23. The van der Waals surface area contributed by atoms with Crippen molar-refractivity contribution < 1.29 is 9.59 Å². The van der Waals surface area contributed by atoms with E-state index in [2.05, 4.69) is 10.6 Å². The Hall–Kier alpha value is -2.33. The molecule has 2 N–H and O–H groups in total. The van der Waals surface area contributed by atoms with E-state index in [0.29, 0.717) is 24.4 Å². The van der Waals surface area contributed by atoms with Crippen molar-refractivity contribution in [3.63, 3.8) is 0 Å². The maximum Gasteiger partial charge on any atom is 0.228 e. The third-order valence-corrected chi connectivity index (χ3v) is 4.06. The lowest BCUT2D eigenvalue weighted by Crippen LogP contribution is -2.27. The number of hydrogen-bond donors (Lipinski definition) is 2. The van der Waals surface area contributed by atoms with Crippen LogP contribution in [0.1, 0.15) is 16.7 Å². The lowest BCUT2D eigenvalue weighted by Gasteiger charge is -2.07. The molecule has 1 aliphatic rings. The first-order valence-corrected chi connectivity index (χ1v) is 7.91. The number of anilines is 1. The van der Waals surface area contributed by atoms with Crippen LogP contribution < -0.4 is 10.6 Å². The molecule has 23 heavy (non-hydrogen) atoms. The molecule has 2 aromatic carbocycles. The molecule has 2 amide bonds. The highest BCUT2D eigenvalue weighted by molar-refractivity contribution is 6.30. The van der Waals surface area contributed by atoms with Gasteiger partial charge in [0.2, 0.25) is 11.8 Å². The molecule has 118 valence electrons. The molecule has 0 saturated heterocycles. The molecule has 0 fully saturated rings. The Morgan fingerprint density at radius 3 is 2.65 bits per heavy atom. The Bertz CT molecular complexity index is 741. The zero-order chi connectivity index (χ0) is 16.2. The molecule has 0 spiro atoms. The van der Waals surface area contributed by atoms with Crippen LogP contribution in [-0.4, -0.2) is 18.4 Å². The van der Waals surface area contributed by atoms with Crippen LogP contribution in [0.25, 0.3) is 0 Å². The summed E-state index contributed by atoms with van der Waals surface area (Å²) in [4.78, 5) is 23.3. The van der Waals surface area contributed by atoms with E-state index in [-0.39, 0.29) is 11.8 Å². The first-order chi connectivity index (χ1) is 11.1. The number of fused-ring (bicyclic) bond motifs is 1. The molecule has 2 aromatic rings. The van der Waals surface area contributed by atoms with Gasteiger partial charge in [-0.05, 0) is 41.3 Å². The van der Waals surface area contributed by atoms with Crippen LogP contribution in [0, 0.1) is 0 Å². The molecular formula is C18H17ClN2O2. The quantitative estimate of drug-likeness (QED) is 0.886. The van der Waals surface area contributed by atoms with E-state index < -0.39 is 0 Å². The second kappa shape index (κ2) is 6.84. The Kier molecular flexibility index (Phi) is 4.63. The fourth-order valence-electron chi connectivity index (χ4n) is 2.63. The maximum atomic E-state index is 11.9. The summed E-state index contributed by atoms with van der Waals surface area (Å²) in [5.41, 5.74) is 3.98. The van der Waals surface area contributed by atoms with Crippen molar-refractivity contribution in [1.82, 2.24) is 5.32 Å². The van der Waals surface area contributed by atoms with Crippen LogP contribution in [-0.2, 0) is 28.9 Å². The van der Waals surface area contributed by atoms with Gasteiger partial charge >= 0.3 is 0 Å². The van der Waals surface area contributed by atoms with Gasteiger partial charge in [-0.25, -0.2) is 0 Å². The van der Waals surface area contributed by atoms with Crippen molar-refractivity contribution in [2.75, 3.05) is 11.9 Å². The Morgan fingerprint density at radius 2 is 1.87 bits per heavy atom. The molecule has 4 nitrogen and oxygen atoms in total. The molecule has 1 aliphatic heterocycles. The standard InChI is InChI=1S/C18H17ClN2O2/c19-15-4-1-12(2-5-15)10-17(22)20-8-7-13-3-6-16-14(9-13)11-18(23)21-16/h1-6,9H,7-8,10-11H2,(H,20,22)(H,21,23). The number of hydrogen-bond acceptors (Lipinski definition) is 2. The van der Waals surface area contributed by atoms with Crippen molar-refractivity contribution in [1.29, 1.82) is 0 Å². The van der Waals surface area contributed by atoms with Crippen molar-refractivity contribution >= 4 is 29.1 Å². The monoisotopic (exact) mass is 328 g/mol. The third-order valence-electron chi connectivity index (χ3n) is 3.81. The van der Waals surface area contributed by atoms with Crippen molar-refractivity contribution in [3.05, 3.63) is 64.2 Å². The number of carbonyl (C=O) groups is 2. The minimum absolute atomic E-state index is 0.00896. The fourth-order valence-corrected chi connectivity index (χ4v) is 2.76. The van der Waals surface area contributed by atoms with Gasteiger partial charge in [-0.2, -0.15) is 0 Å². The summed E-state index contributed by atoms with van der Waals surface area (Å²) in [5.74, 6) is 0.0266. The molecule has 0 radical (unpaired) electrons. The smallest absolute Gasteiger partial charge is 0.228 e. The summed E-state index contributed by atoms with van der Waals surface area (Å²) >= 11 is 5.82. The highest BCUT2D eigenvalue weighted by Gasteiger charge is 2.17. The van der Waals surface area contributed by atoms with Crippen LogP contribution >= 0.6 is 11.6 Å². The average molecular weight is 329 g/mol. The molecule has 3 rings (SSSR count). The normalized spacial score (nSPS) is 12.7. The molecule has 0 saturated carbocycles. The van der Waals surface area contributed by atoms with Gasteiger partial charge in [-0.3, -0.25) is 9.59 Å². The number of carbonyl (C=O) groups excluding carboxylic acids is 2. The van der Waals surface area contributed by atoms with E-state index in [0.717, 1.165) is 28.8 Å². The van der Waals surface area contributed by atoms with Gasteiger partial charge in [0, 0.05) is 17.3 Å². The predicted molar refractivity (Wildman–Crippen MR) is 90.6 cm³/mol. The summed E-state index contributed by atoms with van der Waals surface area (Å²) in [6, 6.07) is 13.2. The second-order valence-electron chi connectivity index (χ2n) is 5.62. The third kappa shape index (κ3) is 4.11. The molecule has 0 atom stereocenters. The van der Waals surface area contributed by atoms with Gasteiger partial charge in [0.05, 0.1) is 12.8 Å². The molecule has 0 aliphatic carbocycles. The van der Waals surface area contributed by atoms with Gasteiger partial charge < -0.3 is 10.6 Å². The van der Waals surface area contributed by atoms with Gasteiger partial charge in [-0.15, -0.1) is 0 Å². The molecule has 5 heteroatoms. The van der Waals surface area contributed by atoms with Gasteiger partial charge in [0.15, 0.2) is 0 Å². The van der Waals surface area contributed by atoms with Crippen LogP contribution in [0.5, 0.6) is 0 Å². The van der Waals surface area contributed by atoms with Crippen LogP contribution in [0.3, 0.4) is 0 Å². The fraction of sp³-hybridized carbons (Fsp3) is 0.222. The first-order valence-electron chi connectivity index (χ1n) is 7.53. The van der Waals surface area contributed by atoms with E-state index in [1.807, 2.05) is 30.3 Å². The van der Waals surface area contributed by atoms with Gasteiger partial charge in [-0.1, -0.05) is 35.9 Å². The maximum absolute atomic E-state index is 11.9. The van der Waals surface area contributed by atoms with E-state index in [1.54, 1.807) is 12.1 Å². The summed E-state index contributed by atoms with van der Waals surface area (Å²) in [6.45, 7) is 0.576. The van der Waals surface area contributed by atoms with Crippen molar-refractivity contribution in [3.8, 4) is 0 Å². The first kappa shape index (κ1) is 15.6. The largest absolute Gasteiger partial charge is 0.355 e. The number of nitrogens with one attached hydrogen (secondary N) is 2. The van der Waals surface area contributed by atoms with E-state index in [9.17, 15) is 9.59 Å². The minimum atomic E-state index is -0.00896. The Labute approximate surface area is 139 Å². The number of benzene rings is 2. The number of rotatable bonds is 5. The van der Waals surface area contributed by atoms with E-state index in [1.165, 1.54) is 0 Å². The Balaban J connectivity index is 1.48. The lowest BCUT2D eigenvalue weighted by atomic mass is 10.1. The predicted octanol–water partition coefficient (Wildman–Crippen LogP) is 2.74. The summed E-state index contributed by atoms with van der Waals surface area (Å²) < 4.78 is 0. The zero-order valence-electron chi connectivity index (χ0n) is 12.6. The molecule has 0 aromatic heterocycles. The van der Waals surface area contributed by atoms with Crippen molar-refractivity contribution in [2.24, 2.45) is 0 Å². The molecule has 0 bridgehead atoms. The SMILES string of the molecule is O=C(Cc1ccc(Cl)cc1)NCCc1ccc2c(c1)CC(=O)N2. The van der Waals surface area contributed by atoms with Gasteiger partial charge in [0.25, 0.3) is 0 Å².